The predicted molar refractivity (Wildman–Crippen MR) is 87.0 cm³/mol. The monoisotopic (exact) mass is 351 g/mol. The standard InChI is InChI=1S/C17H19BrFNO/c1-2-9-21-14-7-3-5-12(10-14)16(20)11-13-6-4-8-15(19)17(13)18/h3-8,10,16H,2,9,11,20H2,1H3. The van der Waals surface area contributed by atoms with Gasteiger partial charge in [-0.15, -0.1) is 0 Å². The van der Waals surface area contributed by atoms with Crippen molar-refractivity contribution in [2.75, 3.05) is 6.61 Å². The summed E-state index contributed by atoms with van der Waals surface area (Å²) < 4.78 is 19.6. The van der Waals surface area contributed by atoms with Crippen LogP contribution in [0.25, 0.3) is 0 Å². The highest BCUT2D eigenvalue weighted by Gasteiger charge is 2.12. The number of benzene rings is 2. The van der Waals surface area contributed by atoms with Gasteiger partial charge in [0.2, 0.25) is 0 Å². The van der Waals surface area contributed by atoms with E-state index in [1.807, 2.05) is 30.3 Å². The van der Waals surface area contributed by atoms with Crippen LogP contribution in [0.4, 0.5) is 4.39 Å². The lowest BCUT2D eigenvalue weighted by molar-refractivity contribution is 0.317. The molecule has 0 aliphatic carbocycles. The summed E-state index contributed by atoms with van der Waals surface area (Å²) in [6.45, 7) is 2.76. The summed E-state index contributed by atoms with van der Waals surface area (Å²) in [5.41, 5.74) is 8.09. The van der Waals surface area contributed by atoms with Gasteiger partial charge in [0.1, 0.15) is 11.6 Å². The molecule has 2 aromatic carbocycles. The highest BCUT2D eigenvalue weighted by atomic mass is 79.9. The molecule has 1 atom stereocenters. The summed E-state index contributed by atoms with van der Waals surface area (Å²) in [7, 11) is 0. The summed E-state index contributed by atoms with van der Waals surface area (Å²) in [5.74, 6) is 0.558. The second-order valence-corrected chi connectivity index (χ2v) is 5.74. The third-order valence-electron chi connectivity index (χ3n) is 3.23. The zero-order chi connectivity index (χ0) is 15.2. The summed E-state index contributed by atoms with van der Waals surface area (Å²) in [6.07, 6.45) is 1.53. The van der Waals surface area contributed by atoms with Gasteiger partial charge in [0, 0.05) is 6.04 Å². The van der Waals surface area contributed by atoms with E-state index in [4.69, 9.17) is 10.5 Å². The Morgan fingerprint density at radius 2 is 2.00 bits per heavy atom. The number of hydrogen-bond acceptors (Lipinski definition) is 2. The molecule has 0 aromatic heterocycles. The number of ether oxygens (including phenoxy) is 1. The fourth-order valence-corrected chi connectivity index (χ4v) is 2.54. The van der Waals surface area contributed by atoms with Crippen molar-refractivity contribution in [1.29, 1.82) is 0 Å². The van der Waals surface area contributed by atoms with Crippen LogP contribution in [0.2, 0.25) is 0 Å². The van der Waals surface area contributed by atoms with Crippen LogP contribution < -0.4 is 10.5 Å². The van der Waals surface area contributed by atoms with Gasteiger partial charge in [-0.3, -0.25) is 0 Å². The van der Waals surface area contributed by atoms with Crippen molar-refractivity contribution in [2.24, 2.45) is 5.73 Å². The lowest BCUT2D eigenvalue weighted by atomic mass is 9.99. The van der Waals surface area contributed by atoms with Crippen molar-refractivity contribution < 1.29 is 9.13 Å². The Morgan fingerprint density at radius 3 is 2.76 bits per heavy atom. The van der Waals surface area contributed by atoms with Crippen LogP contribution >= 0.6 is 15.9 Å². The lowest BCUT2D eigenvalue weighted by Gasteiger charge is -2.15. The Morgan fingerprint density at radius 1 is 1.24 bits per heavy atom. The molecule has 0 aliphatic rings. The molecule has 2 N–H and O–H groups in total. The third kappa shape index (κ3) is 4.29. The van der Waals surface area contributed by atoms with Crippen molar-refractivity contribution >= 4 is 15.9 Å². The maximum absolute atomic E-state index is 13.5. The largest absolute Gasteiger partial charge is 0.494 e. The zero-order valence-electron chi connectivity index (χ0n) is 12.0. The number of hydrogen-bond donors (Lipinski definition) is 1. The van der Waals surface area contributed by atoms with Crippen molar-refractivity contribution in [3.8, 4) is 5.75 Å². The van der Waals surface area contributed by atoms with Gasteiger partial charge >= 0.3 is 0 Å². The SMILES string of the molecule is CCCOc1cccc(C(N)Cc2cccc(F)c2Br)c1. The molecule has 4 heteroatoms. The van der Waals surface area contributed by atoms with Crippen molar-refractivity contribution in [2.45, 2.75) is 25.8 Å². The minimum Gasteiger partial charge on any atom is -0.494 e. The molecule has 112 valence electrons. The van der Waals surface area contributed by atoms with Crippen LogP contribution in [0.1, 0.15) is 30.5 Å². The van der Waals surface area contributed by atoms with Crippen LogP contribution in [-0.2, 0) is 6.42 Å². The van der Waals surface area contributed by atoms with E-state index in [2.05, 4.69) is 22.9 Å². The third-order valence-corrected chi connectivity index (χ3v) is 4.12. The molecule has 2 rings (SSSR count). The average molecular weight is 352 g/mol. The van der Waals surface area contributed by atoms with E-state index < -0.39 is 0 Å². The molecular formula is C17H19BrFNO. The molecule has 0 amide bonds. The Bertz CT molecular complexity index is 603. The molecule has 0 saturated carbocycles. The molecule has 0 heterocycles. The maximum Gasteiger partial charge on any atom is 0.137 e. The van der Waals surface area contributed by atoms with Gasteiger partial charge in [-0.05, 0) is 58.1 Å². The summed E-state index contributed by atoms with van der Waals surface area (Å²) >= 11 is 3.27. The second-order valence-electron chi connectivity index (χ2n) is 4.94. The fraction of sp³-hybridized carbons (Fsp3) is 0.294. The number of nitrogens with two attached hydrogens (primary N) is 1. The van der Waals surface area contributed by atoms with Gasteiger partial charge in [-0.2, -0.15) is 0 Å². The van der Waals surface area contributed by atoms with E-state index in [9.17, 15) is 4.39 Å². The van der Waals surface area contributed by atoms with Crippen LogP contribution in [0.3, 0.4) is 0 Å². The maximum atomic E-state index is 13.5. The molecule has 0 radical (unpaired) electrons. The van der Waals surface area contributed by atoms with Gasteiger partial charge in [0.15, 0.2) is 0 Å². The summed E-state index contributed by atoms with van der Waals surface area (Å²) in [5, 5.41) is 0. The average Bonchev–Trinajstić information content (AvgIpc) is 2.50. The normalized spacial score (nSPS) is 12.2. The first-order valence-electron chi connectivity index (χ1n) is 7.03. The van der Waals surface area contributed by atoms with Gasteiger partial charge in [-0.1, -0.05) is 31.2 Å². The Hall–Kier alpha value is -1.39. The molecule has 0 bridgehead atoms. The smallest absolute Gasteiger partial charge is 0.137 e. The lowest BCUT2D eigenvalue weighted by Crippen LogP contribution is -2.14. The van der Waals surface area contributed by atoms with E-state index in [-0.39, 0.29) is 11.9 Å². The van der Waals surface area contributed by atoms with Gasteiger partial charge in [0.05, 0.1) is 11.1 Å². The fourth-order valence-electron chi connectivity index (χ4n) is 2.12. The molecule has 1 unspecified atom stereocenters. The summed E-state index contributed by atoms with van der Waals surface area (Å²) in [6, 6.07) is 12.6. The Labute approximate surface area is 133 Å². The molecule has 0 fully saturated rings. The van der Waals surface area contributed by atoms with Crippen LogP contribution in [0.5, 0.6) is 5.75 Å². The highest BCUT2D eigenvalue weighted by Crippen LogP contribution is 2.26. The van der Waals surface area contributed by atoms with Gasteiger partial charge in [0.25, 0.3) is 0 Å². The van der Waals surface area contributed by atoms with E-state index >= 15 is 0 Å². The van der Waals surface area contributed by atoms with Gasteiger partial charge in [-0.25, -0.2) is 4.39 Å². The number of rotatable bonds is 6. The highest BCUT2D eigenvalue weighted by molar-refractivity contribution is 9.10. The molecule has 2 nitrogen and oxygen atoms in total. The topological polar surface area (TPSA) is 35.2 Å². The Kier molecular flexibility index (Phi) is 5.76. The minimum absolute atomic E-state index is 0.201. The van der Waals surface area contributed by atoms with E-state index in [1.165, 1.54) is 6.07 Å². The van der Waals surface area contributed by atoms with E-state index in [0.29, 0.717) is 17.5 Å². The Balaban J connectivity index is 2.12. The van der Waals surface area contributed by atoms with Crippen molar-refractivity contribution in [3.05, 3.63) is 63.9 Å². The molecule has 21 heavy (non-hydrogen) atoms. The molecule has 0 aliphatic heterocycles. The quantitative estimate of drug-likeness (QED) is 0.823. The first-order valence-corrected chi connectivity index (χ1v) is 7.82. The van der Waals surface area contributed by atoms with Gasteiger partial charge < -0.3 is 10.5 Å². The molecule has 2 aromatic rings. The first kappa shape index (κ1) is 16.0. The van der Waals surface area contributed by atoms with Crippen molar-refractivity contribution in [1.82, 2.24) is 0 Å². The molecule has 0 saturated heterocycles. The predicted octanol–water partition coefficient (Wildman–Crippen LogP) is 4.62. The van der Waals surface area contributed by atoms with E-state index in [1.54, 1.807) is 6.07 Å². The van der Waals surface area contributed by atoms with Crippen LogP contribution in [0, 0.1) is 5.82 Å². The van der Waals surface area contributed by atoms with Crippen LogP contribution in [-0.4, -0.2) is 6.61 Å². The molecule has 0 spiro atoms. The second kappa shape index (κ2) is 7.57. The number of halogens is 2. The summed E-state index contributed by atoms with van der Waals surface area (Å²) in [4.78, 5) is 0. The van der Waals surface area contributed by atoms with E-state index in [0.717, 1.165) is 23.3 Å². The molecular weight excluding hydrogens is 333 g/mol. The van der Waals surface area contributed by atoms with Crippen molar-refractivity contribution in [3.63, 3.8) is 0 Å². The van der Waals surface area contributed by atoms with Crippen LogP contribution in [0.15, 0.2) is 46.9 Å². The first-order chi connectivity index (χ1) is 10.1. The zero-order valence-corrected chi connectivity index (χ0v) is 13.6. The minimum atomic E-state index is -0.264.